The maximum atomic E-state index is 12.7. The van der Waals surface area contributed by atoms with Gasteiger partial charge in [0.2, 0.25) is 11.8 Å². The lowest BCUT2D eigenvalue weighted by Crippen LogP contribution is -2.46. The third-order valence-electron chi connectivity index (χ3n) is 3.49. The van der Waals surface area contributed by atoms with Crippen molar-refractivity contribution in [3.05, 3.63) is 29.8 Å². The Bertz CT molecular complexity index is 571. The maximum absolute atomic E-state index is 12.7. The molecule has 1 aromatic carbocycles. The third-order valence-corrected chi connectivity index (χ3v) is 3.49. The Balaban J connectivity index is 2.97. The van der Waals surface area contributed by atoms with Crippen LogP contribution in [-0.2, 0) is 9.59 Å². The van der Waals surface area contributed by atoms with E-state index in [1.54, 1.807) is 24.3 Å². The fourth-order valence-corrected chi connectivity index (χ4v) is 2.04. The van der Waals surface area contributed by atoms with Crippen LogP contribution in [0.4, 0.5) is 13.2 Å². The first-order valence-corrected chi connectivity index (χ1v) is 7.24. The van der Waals surface area contributed by atoms with Crippen molar-refractivity contribution < 1.29 is 27.5 Å². The molecule has 0 fully saturated rings. The van der Waals surface area contributed by atoms with Gasteiger partial charge in [0, 0.05) is 14.1 Å². The molecule has 134 valence electrons. The first-order valence-electron chi connectivity index (χ1n) is 7.24. The van der Waals surface area contributed by atoms with Crippen LogP contribution in [0.5, 0.6) is 5.75 Å². The third kappa shape index (κ3) is 5.75. The van der Waals surface area contributed by atoms with Crippen LogP contribution in [0, 0.1) is 0 Å². The quantitative estimate of drug-likeness (QED) is 0.794. The molecule has 1 rings (SSSR count). The average Bonchev–Trinajstić information content (AvgIpc) is 2.51. The number of alkyl halides is 3. The number of ether oxygens (including phenoxy) is 1. The van der Waals surface area contributed by atoms with E-state index in [1.165, 1.54) is 28.1 Å². The fraction of sp³-hybridized carbons (Fsp3) is 0.500. The molecule has 0 aliphatic heterocycles. The predicted octanol–water partition coefficient (Wildman–Crippen LogP) is 2.28. The van der Waals surface area contributed by atoms with Crippen molar-refractivity contribution in [3.63, 3.8) is 0 Å². The van der Waals surface area contributed by atoms with Crippen LogP contribution in [0.15, 0.2) is 24.3 Å². The number of halogens is 3. The van der Waals surface area contributed by atoms with Crippen molar-refractivity contribution in [1.29, 1.82) is 0 Å². The Labute approximate surface area is 139 Å². The van der Waals surface area contributed by atoms with Gasteiger partial charge < -0.3 is 14.5 Å². The van der Waals surface area contributed by atoms with Crippen LogP contribution in [0.2, 0.25) is 0 Å². The molecule has 1 aromatic rings. The molecular formula is C16H21F3N2O3. The number of rotatable bonds is 6. The SMILES string of the molecule is COc1ccc(C(C)C(=O)N(CC(=O)N(C)C)CC(F)(F)F)cc1. The number of hydrogen-bond acceptors (Lipinski definition) is 3. The van der Waals surface area contributed by atoms with Gasteiger partial charge in [-0.15, -0.1) is 0 Å². The number of carbonyl (C=O) groups excluding carboxylic acids is 2. The fourth-order valence-electron chi connectivity index (χ4n) is 2.04. The van der Waals surface area contributed by atoms with Gasteiger partial charge in [-0.3, -0.25) is 9.59 Å². The molecule has 2 amide bonds. The van der Waals surface area contributed by atoms with Crippen LogP contribution in [-0.4, -0.2) is 62.1 Å². The summed E-state index contributed by atoms with van der Waals surface area (Å²) < 4.78 is 43.2. The van der Waals surface area contributed by atoms with E-state index in [0.29, 0.717) is 16.2 Å². The monoisotopic (exact) mass is 346 g/mol. The predicted molar refractivity (Wildman–Crippen MR) is 82.7 cm³/mol. The summed E-state index contributed by atoms with van der Waals surface area (Å²) in [5.41, 5.74) is 0.547. The van der Waals surface area contributed by atoms with E-state index < -0.39 is 37.0 Å². The molecule has 8 heteroatoms. The van der Waals surface area contributed by atoms with E-state index in [4.69, 9.17) is 4.74 Å². The first-order chi connectivity index (χ1) is 11.0. The minimum absolute atomic E-state index is 0.539. The van der Waals surface area contributed by atoms with Crippen LogP contribution < -0.4 is 4.74 Å². The summed E-state index contributed by atoms with van der Waals surface area (Å²) in [7, 11) is 4.33. The molecular weight excluding hydrogens is 325 g/mol. The average molecular weight is 346 g/mol. The zero-order valence-electron chi connectivity index (χ0n) is 14.1. The van der Waals surface area contributed by atoms with Crippen LogP contribution in [0.1, 0.15) is 18.4 Å². The Morgan fingerprint density at radius 1 is 1.17 bits per heavy atom. The number of amides is 2. The van der Waals surface area contributed by atoms with Gasteiger partial charge in [0.1, 0.15) is 18.8 Å². The molecule has 0 N–H and O–H groups in total. The topological polar surface area (TPSA) is 49.9 Å². The molecule has 0 heterocycles. The highest BCUT2D eigenvalue weighted by atomic mass is 19.4. The lowest BCUT2D eigenvalue weighted by molar-refractivity contribution is -0.164. The summed E-state index contributed by atoms with van der Waals surface area (Å²) in [6.07, 6.45) is -4.58. The van der Waals surface area contributed by atoms with Crippen LogP contribution in [0.3, 0.4) is 0 Å². The minimum Gasteiger partial charge on any atom is -0.497 e. The van der Waals surface area contributed by atoms with Crippen molar-refractivity contribution in [2.24, 2.45) is 0 Å². The summed E-state index contributed by atoms with van der Waals surface area (Å²) >= 11 is 0. The summed E-state index contributed by atoms with van der Waals surface area (Å²) in [6, 6.07) is 6.47. The van der Waals surface area contributed by atoms with Gasteiger partial charge in [-0.05, 0) is 24.6 Å². The Kier molecular flexibility index (Phi) is 6.62. The maximum Gasteiger partial charge on any atom is 0.406 e. The second kappa shape index (κ2) is 8.03. The lowest BCUT2D eigenvalue weighted by atomic mass is 9.99. The summed E-state index contributed by atoms with van der Waals surface area (Å²) in [5.74, 6) is -1.57. The molecule has 24 heavy (non-hydrogen) atoms. The zero-order chi connectivity index (χ0) is 18.5. The molecule has 1 unspecified atom stereocenters. The number of methoxy groups -OCH3 is 1. The van der Waals surface area contributed by atoms with E-state index >= 15 is 0 Å². The van der Waals surface area contributed by atoms with Gasteiger partial charge in [0.15, 0.2) is 0 Å². The van der Waals surface area contributed by atoms with Crippen molar-refractivity contribution in [3.8, 4) is 5.75 Å². The largest absolute Gasteiger partial charge is 0.497 e. The Morgan fingerprint density at radius 2 is 1.71 bits per heavy atom. The molecule has 0 aliphatic rings. The number of hydrogen-bond donors (Lipinski definition) is 0. The molecule has 0 aliphatic carbocycles. The highest BCUT2D eigenvalue weighted by Crippen LogP contribution is 2.24. The van der Waals surface area contributed by atoms with Gasteiger partial charge >= 0.3 is 6.18 Å². The molecule has 0 spiro atoms. The van der Waals surface area contributed by atoms with E-state index in [9.17, 15) is 22.8 Å². The van der Waals surface area contributed by atoms with Gasteiger partial charge in [0.25, 0.3) is 0 Å². The summed E-state index contributed by atoms with van der Waals surface area (Å²) in [4.78, 5) is 25.9. The lowest BCUT2D eigenvalue weighted by Gasteiger charge is -2.27. The number of carbonyl (C=O) groups is 2. The van der Waals surface area contributed by atoms with E-state index in [0.717, 1.165) is 4.90 Å². The van der Waals surface area contributed by atoms with Gasteiger partial charge in [-0.2, -0.15) is 13.2 Å². The second-order valence-corrected chi connectivity index (χ2v) is 5.59. The van der Waals surface area contributed by atoms with Crippen molar-refractivity contribution in [2.45, 2.75) is 19.0 Å². The van der Waals surface area contributed by atoms with Crippen molar-refractivity contribution in [1.82, 2.24) is 9.80 Å². The molecule has 1 atom stereocenters. The molecule has 0 aromatic heterocycles. The highest BCUT2D eigenvalue weighted by Gasteiger charge is 2.35. The van der Waals surface area contributed by atoms with Gasteiger partial charge in [0.05, 0.1) is 13.0 Å². The second-order valence-electron chi connectivity index (χ2n) is 5.59. The molecule has 5 nitrogen and oxygen atoms in total. The van der Waals surface area contributed by atoms with Crippen molar-refractivity contribution >= 4 is 11.8 Å². The first kappa shape index (κ1) is 19.8. The molecule has 0 saturated heterocycles. The minimum atomic E-state index is -4.58. The number of likely N-dealkylation sites (N-methyl/N-ethyl adjacent to an activating group) is 1. The Morgan fingerprint density at radius 3 is 2.12 bits per heavy atom. The normalized spacial score (nSPS) is 12.5. The van der Waals surface area contributed by atoms with E-state index in [2.05, 4.69) is 0 Å². The highest BCUT2D eigenvalue weighted by molar-refractivity contribution is 5.88. The van der Waals surface area contributed by atoms with E-state index in [-0.39, 0.29) is 0 Å². The molecule has 0 radical (unpaired) electrons. The van der Waals surface area contributed by atoms with Crippen molar-refractivity contribution in [2.75, 3.05) is 34.3 Å². The van der Waals surface area contributed by atoms with E-state index in [1.807, 2.05) is 0 Å². The Hall–Kier alpha value is -2.25. The zero-order valence-corrected chi connectivity index (χ0v) is 14.1. The van der Waals surface area contributed by atoms with Gasteiger partial charge in [-0.1, -0.05) is 12.1 Å². The van der Waals surface area contributed by atoms with Crippen LogP contribution >= 0.6 is 0 Å². The van der Waals surface area contributed by atoms with Crippen LogP contribution in [0.25, 0.3) is 0 Å². The van der Waals surface area contributed by atoms with Gasteiger partial charge in [-0.25, -0.2) is 0 Å². The summed E-state index contributed by atoms with van der Waals surface area (Å²) in [6.45, 7) is -0.578. The number of nitrogens with zero attached hydrogens (tertiary/aromatic N) is 2. The standard InChI is InChI=1S/C16H21F3N2O3/c1-11(12-5-7-13(24-4)8-6-12)15(23)21(10-16(17,18)19)9-14(22)20(2)3/h5-8,11H,9-10H2,1-4H3. The number of benzene rings is 1. The summed E-state index contributed by atoms with van der Waals surface area (Å²) in [5, 5.41) is 0. The smallest absolute Gasteiger partial charge is 0.406 e. The molecule has 0 saturated carbocycles. The molecule has 0 bridgehead atoms.